The molecule has 1 saturated carbocycles. The lowest BCUT2D eigenvalue weighted by Crippen LogP contribution is -2.40. The van der Waals surface area contributed by atoms with Crippen LogP contribution in [0, 0.1) is 0 Å². The van der Waals surface area contributed by atoms with Crippen LogP contribution in [0.5, 0.6) is 0 Å². The van der Waals surface area contributed by atoms with Crippen LogP contribution in [0.3, 0.4) is 0 Å². The zero-order valence-electron chi connectivity index (χ0n) is 7.46. The number of hydrogen-bond donors (Lipinski definition) is 1. The molecule has 1 rings (SSSR count). The Morgan fingerprint density at radius 2 is 2.38 bits per heavy atom. The molecule has 0 heterocycles. The summed E-state index contributed by atoms with van der Waals surface area (Å²) in [6.07, 6.45) is 1.22. The van der Waals surface area contributed by atoms with E-state index in [0.29, 0.717) is 12.8 Å². The average molecular weight is 141 g/mol. The summed E-state index contributed by atoms with van der Waals surface area (Å²) < 4.78 is 24.9. The highest BCUT2D eigenvalue weighted by Crippen LogP contribution is 2.19. The van der Waals surface area contributed by atoms with Crippen molar-refractivity contribution in [3.63, 3.8) is 0 Å². The van der Waals surface area contributed by atoms with Gasteiger partial charge in [-0.3, -0.25) is 0 Å². The second-order valence-corrected chi connectivity index (χ2v) is 1.97. The first kappa shape index (κ1) is 4.09. The van der Waals surface area contributed by atoms with Crippen molar-refractivity contribution in [2.45, 2.75) is 25.0 Å². The maximum absolute atomic E-state index is 6.74. The van der Waals surface area contributed by atoms with Gasteiger partial charge in [0.1, 0.15) is 0 Å². The van der Waals surface area contributed by atoms with Crippen molar-refractivity contribution < 1.29 is 8.85 Å². The van der Waals surface area contributed by atoms with E-state index in [2.05, 4.69) is 4.74 Å². The van der Waals surface area contributed by atoms with E-state index in [1.165, 1.54) is 0 Å². The van der Waals surface area contributed by atoms with E-state index in [4.69, 9.17) is 9.85 Å². The summed E-state index contributed by atoms with van der Waals surface area (Å²) in [5.41, 5.74) is 5.42. The average Bonchev–Trinajstić information content (AvgIpc) is 1.57. The van der Waals surface area contributed by atoms with Gasteiger partial charge in [-0.15, -0.1) is 12.4 Å². The molecule has 3 heteroatoms. The second kappa shape index (κ2) is 3.28. The minimum absolute atomic E-state index is 0. The van der Waals surface area contributed by atoms with Gasteiger partial charge in [0, 0.05) is 13.1 Å². The highest BCUT2D eigenvalue weighted by molar-refractivity contribution is 5.85. The largest absolute Gasteiger partial charge is 0.381 e. The van der Waals surface area contributed by atoms with Gasteiger partial charge in [-0.1, -0.05) is 0 Å². The molecule has 1 aliphatic carbocycles. The Morgan fingerprint density at radius 1 is 1.75 bits per heavy atom. The molecule has 0 spiro atoms. The zero-order chi connectivity index (χ0) is 7.78. The van der Waals surface area contributed by atoms with Crippen molar-refractivity contribution in [2.75, 3.05) is 7.04 Å². The Hall–Kier alpha value is 0.210. The van der Waals surface area contributed by atoms with Crippen molar-refractivity contribution in [3.05, 3.63) is 0 Å². The molecule has 0 aromatic rings. The van der Waals surface area contributed by atoms with Crippen molar-refractivity contribution in [1.29, 1.82) is 0 Å². The molecule has 0 amide bonds. The Balaban J connectivity index is 0.000001000. The number of nitrogens with two attached hydrogens (primary N) is 1. The van der Waals surface area contributed by atoms with Gasteiger partial charge in [-0.25, -0.2) is 0 Å². The highest BCUT2D eigenvalue weighted by atomic mass is 35.5. The summed E-state index contributed by atoms with van der Waals surface area (Å²) in [6.45, 7) is 0. The third kappa shape index (κ3) is 1.62. The van der Waals surface area contributed by atoms with Crippen LogP contribution < -0.4 is 5.73 Å². The van der Waals surface area contributed by atoms with E-state index in [1.807, 2.05) is 0 Å². The van der Waals surface area contributed by atoms with Gasteiger partial charge in [-0.2, -0.15) is 0 Å². The monoisotopic (exact) mass is 140 g/mol. The van der Waals surface area contributed by atoms with Crippen LogP contribution in [-0.2, 0) is 4.74 Å². The first-order valence-corrected chi connectivity index (χ1v) is 2.41. The Bertz CT molecular complexity index is 123. The molecular formula is C5H12ClNO. The predicted molar refractivity (Wildman–Crippen MR) is 35.3 cm³/mol. The van der Waals surface area contributed by atoms with Gasteiger partial charge < -0.3 is 10.5 Å². The van der Waals surface area contributed by atoms with Crippen molar-refractivity contribution in [1.82, 2.24) is 0 Å². The molecule has 0 aromatic carbocycles. The van der Waals surface area contributed by atoms with Gasteiger partial charge in [0.15, 0.2) is 0 Å². The van der Waals surface area contributed by atoms with Crippen LogP contribution in [0.1, 0.15) is 17.0 Å². The Kier molecular flexibility index (Phi) is 1.68. The van der Waals surface area contributed by atoms with E-state index >= 15 is 0 Å². The van der Waals surface area contributed by atoms with E-state index in [9.17, 15) is 0 Å². The van der Waals surface area contributed by atoms with Crippen LogP contribution in [-0.4, -0.2) is 19.2 Å². The Labute approximate surface area is 60.0 Å². The summed E-state index contributed by atoms with van der Waals surface area (Å²) >= 11 is 0. The number of ether oxygens (including phenoxy) is 1. The van der Waals surface area contributed by atoms with Gasteiger partial charge >= 0.3 is 0 Å². The van der Waals surface area contributed by atoms with E-state index in [1.54, 1.807) is 0 Å². The lowest BCUT2D eigenvalue weighted by Gasteiger charge is -2.30. The summed E-state index contributed by atoms with van der Waals surface area (Å²) in [6, 6.07) is 0.146. The standard InChI is InChI=1S/C5H11NO.ClH/c1-7-5-2-4(6)3-5;/h4-5H,2-3,6H2,1H3;1H/i1D3;. The SMILES string of the molecule is Cl.[2H]C([2H])([2H])OC1CC(N)C1. The topological polar surface area (TPSA) is 35.2 Å². The smallest absolute Gasteiger partial charge is 0.0600 e. The van der Waals surface area contributed by atoms with Gasteiger partial charge in [0.2, 0.25) is 0 Å². The molecule has 0 saturated heterocycles. The normalized spacial score (nSPS) is 42.4. The predicted octanol–water partition coefficient (Wildman–Crippen LogP) is 0.544. The third-order valence-electron chi connectivity index (χ3n) is 1.30. The lowest BCUT2D eigenvalue weighted by molar-refractivity contribution is 0.0279. The first-order chi connectivity index (χ1) is 4.47. The van der Waals surface area contributed by atoms with E-state index in [0.717, 1.165) is 0 Å². The second-order valence-electron chi connectivity index (χ2n) is 1.97. The maximum atomic E-state index is 6.74. The molecule has 2 nitrogen and oxygen atoms in total. The Morgan fingerprint density at radius 3 is 2.75 bits per heavy atom. The molecule has 0 aromatic heterocycles. The summed E-state index contributed by atoms with van der Waals surface area (Å²) in [5, 5.41) is 0. The van der Waals surface area contributed by atoms with Crippen LogP contribution in [0.15, 0.2) is 0 Å². The quantitative estimate of drug-likeness (QED) is 0.577. The van der Waals surface area contributed by atoms with Crippen LogP contribution in [0.2, 0.25) is 0 Å². The molecule has 2 N–H and O–H groups in total. The lowest BCUT2D eigenvalue weighted by atomic mass is 9.90. The summed E-state index contributed by atoms with van der Waals surface area (Å²) in [5.74, 6) is 0. The van der Waals surface area contributed by atoms with Crippen molar-refractivity contribution in [3.8, 4) is 0 Å². The number of halogens is 1. The maximum Gasteiger partial charge on any atom is 0.0600 e. The van der Waals surface area contributed by atoms with Crippen LogP contribution in [0.4, 0.5) is 0 Å². The first-order valence-electron chi connectivity index (χ1n) is 3.91. The molecule has 0 aliphatic heterocycles. The molecular weight excluding hydrogens is 126 g/mol. The fourth-order valence-electron chi connectivity index (χ4n) is 0.703. The highest BCUT2D eigenvalue weighted by Gasteiger charge is 2.24. The van der Waals surface area contributed by atoms with Gasteiger partial charge in [0.05, 0.1) is 10.2 Å². The van der Waals surface area contributed by atoms with Crippen LogP contribution in [0.25, 0.3) is 0 Å². The van der Waals surface area contributed by atoms with Crippen molar-refractivity contribution >= 4 is 12.4 Å². The molecule has 1 aliphatic rings. The fourth-order valence-corrected chi connectivity index (χ4v) is 0.703. The van der Waals surface area contributed by atoms with Gasteiger partial charge in [-0.05, 0) is 12.8 Å². The molecule has 8 heavy (non-hydrogen) atoms. The number of methoxy groups -OCH3 is 1. The van der Waals surface area contributed by atoms with Crippen LogP contribution >= 0.6 is 12.4 Å². The minimum atomic E-state index is -2.25. The zero-order valence-corrected chi connectivity index (χ0v) is 5.28. The molecule has 0 radical (unpaired) electrons. The third-order valence-corrected chi connectivity index (χ3v) is 1.30. The van der Waals surface area contributed by atoms with E-state index in [-0.39, 0.29) is 24.6 Å². The summed E-state index contributed by atoms with van der Waals surface area (Å²) in [4.78, 5) is 0. The van der Waals surface area contributed by atoms with Crippen molar-refractivity contribution in [2.24, 2.45) is 5.73 Å². The van der Waals surface area contributed by atoms with Gasteiger partial charge in [0.25, 0.3) is 0 Å². The molecule has 0 atom stereocenters. The minimum Gasteiger partial charge on any atom is -0.381 e. The fraction of sp³-hybridized carbons (Fsp3) is 1.00. The molecule has 1 fully saturated rings. The molecule has 0 bridgehead atoms. The summed E-state index contributed by atoms with van der Waals surface area (Å²) in [7, 11) is -2.25. The molecule has 50 valence electrons. The molecule has 0 unspecified atom stereocenters. The number of rotatable bonds is 1. The number of hydrogen-bond acceptors (Lipinski definition) is 2. The van der Waals surface area contributed by atoms with E-state index < -0.39 is 7.04 Å².